The largest absolute Gasteiger partial charge is 0.338 e. The van der Waals surface area contributed by atoms with Gasteiger partial charge in [-0.1, -0.05) is 44.2 Å². The first kappa shape index (κ1) is 24.7. The normalized spacial score (nSPS) is 14.3. The average molecular weight is 519 g/mol. The number of carbonyl (C=O) groups excluding carboxylic acids is 2. The maximum absolute atomic E-state index is 13.6. The monoisotopic (exact) mass is 518 g/mol. The summed E-state index contributed by atoms with van der Waals surface area (Å²) in [7, 11) is 0. The van der Waals surface area contributed by atoms with Crippen LogP contribution in [0.15, 0.2) is 79.1 Å². The molecular weight excluding hydrogens is 488 g/mol. The van der Waals surface area contributed by atoms with Gasteiger partial charge in [-0.25, -0.2) is 9.50 Å². The molecule has 0 aliphatic carbocycles. The lowest BCUT2D eigenvalue weighted by molar-refractivity contribution is 0.0713. The van der Waals surface area contributed by atoms with Crippen molar-refractivity contribution in [3.8, 4) is 0 Å². The Morgan fingerprint density at radius 1 is 0.923 bits per heavy atom. The Morgan fingerprint density at radius 3 is 2.38 bits per heavy atom. The molecule has 6 rings (SSSR count). The number of nitrogens with one attached hydrogen (secondary N) is 1. The van der Waals surface area contributed by atoms with E-state index in [-0.39, 0.29) is 23.4 Å². The van der Waals surface area contributed by atoms with Crippen LogP contribution in [0.1, 0.15) is 70.6 Å². The topological polar surface area (TPSA) is 92.5 Å². The third-order valence-electron chi connectivity index (χ3n) is 7.43. The fourth-order valence-corrected chi connectivity index (χ4v) is 5.31. The summed E-state index contributed by atoms with van der Waals surface area (Å²) in [4.78, 5) is 37.0. The van der Waals surface area contributed by atoms with Gasteiger partial charge in [0.1, 0.15) is 5.69 Å². The van der Waals surface area contributed by atoms with E-state index in [0.717, 1.165) is 35.1 Å². The lowest BCUT2D eigenvalue weighted by Gasteiger charge is -2.32. The molecule has 8 heteroatoms. The first-order valence-electron chi connectivity index (χ1n) is 13.4. The summed E-state index contributed by atoms with van der Waals surface area (Å²) in [5.41, 5.74) is 6.07. The van der Waals surface area contributed by atoms with Crippen LogP contribution in [0.4, 0.5) is 5.69 Å². The maximum atomic E-state index is 13.6. The van der Waals surface area contributed by atoms with Gasteiger partial charge in [-0.05, 0) is 66.6 Å². The molecule has 1 aliphatic rings. The van der Waals surface area contributed by atoms with Crippen molar-refractivity contribution in [2.75, 3.05) is 18.4 Å². The van der Waals surface area contributed by atoms with E-state index in [2.05, 4.69) is 46.4 Å². The van der Waals surface area contributed by atoms with Gasteiger partial charge in [-0.2, -0.15) is 5.10 Å². The number of amides is 2. The van der Waals surface area contributed by atoms with Crippen molar-refractivity contribution in [1.82, 2.24) is 24.5 Å². The second kappa shape index (κ2) is 10.3. The molecule has 4 heterocycles. The number of rotatable bonds is 5. The van der Waals surface area contributed by atoms with Gasteiger partial charge in [-0.15, -0.1) is 0 Å². The van der Waals surface area contributed by atoms with Crippen LogP contribution in [0.5, 0.6) is 0 Å². The van der Waals surface area contributed by atoms with Crippen molar-refractivity contribution < 1.29 is 9.59 Å². The molecular formula is C31H30N6O2. The summed E-state index contributed by atoms with van der Waals surface area (Å²) in [6.45, 7) is 5.55. The number of nitrogens with zero attached hydrogens (tertiary/aromatic N) is 5. The maximum Gasteiger partial charge on any atom is 0.275 e. The van der Waals surface area contributed by atoms with Crippen molar-refractivity contribution in [2.45, 2.75) is 38.5 Å². The highest BCUT2D eigenvalue weighted by Crippen LogP contribution is 2.31. The number of fused-ring (bicyclic) bond motifs is 2. The van der Waals surface area contributed by atoms with Gasteiger partial charge in [0, 0.05) is 25.0 Å². The third-order valence-corrected chi connectivity index (χ3v) is 7.43. The number of piperidine rings is 1. The predicted molar refractivity (Wildman–Crippen MR) is 151 cm³/mol. The lowest BCUT2D eigenvalue weighted by Crippen LogP contribution is -2.38. The number of pyridine rings is 1. The van der Waals surface area contributed by atoms with E-state index in [1.54, 1.807) is 0 Å². The Kier molecular flexibility index (Phi) is 6.52. The molecule has 1 N–H and O–H groups in total. The molecule has 1 fully saturated rings. The second-order valence-electron chi connectivity index (χ2n) is 10.3. The molecule has 0 unspecified atom stereocenters. The van der Waals surface area contributed by atoms with E-state index in [1.165, 1.54) is 11.8 Å². The Hall–Kier alpha value is -4.59. The van der Waals surface area contributed by atoms with E-state index in [9.17, 15) is 9.59 Å². The Balaban J connectivity index is 1.10. The smallest absolute Gasteiger partial charge is 0.275 e. The van der Waals surface area contributed by atoms with Gasteiger partial charge in [-0.3, -0.25) is 14.6 Å². The van der Waals surface area contributed by atoms with Crippen LogP contribution in [0.25, 0.3) is 16.6 Å². The van der Waals surface area contributed by atoms with Gasteiger partial charge in [0.25, 0.3) is 11.8 Å². The zero-order valence-corrected chi connectivity index (χ0v) is 22.0. The van der Waals surface area contributed by atoms with Crippen molar-refractivity contribution in [3.05, 3.63) is 102 Å². The number of carbonyl (C=O) groups is 2. The summed E-state index contributed by atoms with van der Waals surface area (Å²) in [5, 5.41) is 7.60. The molecule has 3 aromatic heterocycles. The molecule has 0 spiro atoms. The van der Waals surface area contributed by atoms with E-state index in [4.69, 9.17) is 0 Å². The highest BCUT2D eigenvalue weighted by atomic mass is 16.2. The molecule has 0 saturated carbocycles. The van der Waals surface area contributed by atoms with Gasteiger partial charge >= 0.3 is 0 Å². The van der Waals surface area contributed by atoms with E-state index in [1.807, 2.05) is 70.2 Å². The molecule has 196 valence electrons. The van der Waals surface area contributed by atoms with Gasteiger partial charge < -0.3 is 10.2 Å². The minimum Gasteiger partial charge on any atom is -0.338 e. The molecule has 5 aromatic rings. The van der Waals surface area contributed by atoms with Crippen LogP contribution in [0.3, 0.4) is 0 Å². The highest BCUT2D eigenvalue weighted by molar-refractivity contribution is 6.03. The van der Waals surface area contributed by atoms with Crippen molar-refractivity contribution in [2.24, 2.45) is 0 Å². The number of aromatic nitrogens is 4. The zero-order chi connectivity index (χ0) is 26.9. The summed E-state index contributed by atoms with van der Waals surface area (Å²) >= 11 is 0. The molecule has 2 amide bonds. The standard InChI is InChI=1S/C31H30N6O2/c1-20(2)29-28(27-9-5-6-16-37(27)35-29)31(39)36-17-14-22(15-18-36)21-10-12-23(13-11-21)33-30(38)26-19-32-24-7-3-4-8-25(24)34-26/h3-13,16,19-20,22H,14-15,17-18H2,1-2H3,(H,33,38). The minimum absolute atomic E-state index is 0.0631. The molecule has 0 radical (unpaired) electrons. The van der Waals surface area contributed by atoms with Gasteiger partial charge in [0.15, 0.2) is 0 Å². The zero-order valence-electron chi connectivity index (χ0n) is 22.0. The van der Waals surface area contributed by atoms with Crippen molar-refractivity contribution >= 4 is 34.1 Å². The Bertz CT molecular complexity index is 1670. The fourth-order valence-electron chi connectivity index (χ4n) is 5.31. The lowest BCUT2D eigenvalue weighted by atomic mass is 9.89. The van der Waals surface area contributed by atoms with Crippen LogP contribution in [0.2, 0.25) is 0 Å². The van der Waals surface area contributed by atoms with Crippen LogP contribution in [-0.2, 0) is 0 Å². The molecule has 39 heavy (non-hydrogen) atoms. The average Bonchev–Trinajstić information content (AvgIpc) is 3.37. The molecule has 0 atom stereocenters. The summed E-state index contributed by atoms with van der Waals surface area (Å²) in [5.74, 6) is 0.293. The van der Waals surface area contributed by atoms with Crippen molar-refractivity contribution in [3.63, 3.8) is 0 Å². The quantitative estimate of drug-likeness (QED) is 0.324. The number of hydrogen-bond acceptors (Lipinski definition) is 5. The van der Waals surface area contributed by atoms with Gasteiger partial charge in [0.2, 0.25) is 0 Å². The van der Waals surface area contributed by atoms with Gasteiger partial charge in [0.05, 0.1) is 34.0 Å². The first-order chi connectivity index (χ1) is 19.0. The van der Waals surface area contributed by atoms with Crippen LogP contribution < -0.4 is 5.32 Å². The highest BCUT2D eigenvalue weighted by Gasteiger charge is 2.29. The molecule has 1 saturated heterocycles. The Labute approximate surface area is 226 Å². The molecule has 8 nitrogen and oxygen atoms in total. The Morgan fingerprint density at radius 2 is 1.64 bits per heavy atom. The molecule has 2 aromatic carbocycles. The van der Waals surface area contributed by atoms with Crippen LogP contribution >= 0.6 is 0 Å². The van der Waals surface area contributed by atoms with E-state index < -0.39 is 0 Å². The molecule has 0 bridgehead atoms. The number of benzene rings is 2. The van der Waals surface area contributed by atoms with E-state index >= 15 is 0 Å². The fraction of sp³-hybridized carbons (Fsp3) is 0.258. The number of para-hydroxylation sites is 2. The number of hydrogen-bond donors (Lipinski definition) is 1. The summed E-state index contributed by atoms with van der Waals surface area (Å²) < 4.78 is 1.81. The third kappa shape index (κ3) is 4.85. The summed E-state index contributed by atoms with van der Waals surface area (Å²) in [6, 6.07) is 21.3. The predicted octanol–water partition coefficient (Wildman–Crippen LogP) is 5.67. The number of likely N-dealkylation sites (tertiary alicyclic amines) is 1. The first-order valence-corrected chi connectivity index (χ1v) is 13.4. The number of anilines is 1. The van der Waals surface area contributed by atoms with E-state index in [0.29, 0.717) is 30.2 Å². The van der Waals surface area contributed by atoms with Crippen molar-refractivity contribution in [1.29, 1.82) is 0 Å². The van der Waals surface area contributed by atoms with Crippen LogP contribution in [0, 0.1) is 0 Å². The SMILES string of the molecule is CC(C)c1nn2ccccc2c1C(=O)N1CCC(c2ccc(NC(=O)c3cnc4ccccc4n3)cc2)CC1. The van der Waals surface area contributed by atoms with Crippen LogP contribution in [-0.4, -0.2) is 49.4 Å². The second-order valence-corrected chi connectivity index (χ2v) is 10.3. The summed E-state index contributed by atoms with van der Waals surface area (Å²) in [6.07, 6.45) is 5.17. The molecule has 1 aliphatic heterocycles. The minimum atomic E-state index is -0.290.